The van der Waals surface area contributed by atoms with E-state index in [1.54, 1.807) is 11.0 Å². The van der Waals surface area contributed by atoms with Crippen LogP contribution in [0.1, 0.15) is 45.1 Å². The number of allylic oxidation sites excluding steroid dienone is 3. The molecule has 0 spiro atoms. The lowest BCUT2D eigenvalue weighted by molar-refractivity contribution is -0.145. The predicted molar refractivity (Wildman–Crippen MR) is 147 cm³/mol. The Balaban J connectivity index is 1.44. The van der Waals surface area contributed by atoms with Gasteiger partial charge in [0.2, 0.25) is 0 Å². The Bertz CT molecular complexity index is 1130. The summed E-state index contributed by atoms with van der Waals surface area (Å²) in [7, 11) is 2.14. The Kier molecular flexibility index (Phi) is 8.43. The highest BCUT2D eigenvalue weighted by molar-refractivity contribution is 6.39. The SMILES string of the molecule is CCc1cc(NC(=O)C(=O)N2C[C@@H](C)CC[C@@H]2C2=CC(=N)/C(=C\NC3CCN(C)CC3)C=C2)cnc1N. The third-order valence-electron chi connectivity index (χ3n) is 7.57. The Morgan fingerprint density at radius 1 is 1.22 bits per heavy atom. The van der Waals surface area contributed by atoms with E-state index in [2.05, 4.69) is 34.5 Å². The Morgan fingerprint density at radius 3 is 2.68 bits per heavy atom. The molecule has 198 valence electrons. The predicted octanol–water partition coefficient (Wildman–Crippen LogP) is 2.88. The number of piperidine rings is 2. The van der Waals surface area contributed by atoms with E-state index in [0.29, 0.717) is 42.1 Å². The van der Waals surface area contributed by atoms with E-state index in [0.717, 1.165) is 55.5 Å². The average Bonchev–Trinajstić information content (AvgIpc) is 2.89. The lowest BCUT2D eigenvalue weighted by atomic mass is 9.86. The molecule has 4 rings (SSSR count). The van der Waals surface area contributed by atoms with Gasteiger partial charge < -0.3 is 31.6 Å². The summed E-state index contributed by atoms with van der Waals surface area (Å²) in [4.78, 5) is 34.4. The van der Waals surface area contributed by atoms with Crippen molar-refractivity contribution in [3.8, 4) is 0 Å². The Morgan fingerprint density at radius 2 is 1.97 bits per heavy atom. The average molecular weight is 506 g/mol. The normalized spacial score (nSPS) is 24.2. The number of pyridine rings is 1. The fourth-order valence-corrected chi connectivity index (χ4v) is 5.20. The second-order valence-electron chi connectivity index (χ2n) is 10.5. The first-order valence-electron chi connectivity index (χ1n) is 13.2. The van der Waals surface area contributed by atoms with E-state index in [1.807, 2.05) is 31.4 Å². The van der Waals surface area contributed by atoms with Crippen molar-refractivity contribution in [2.24, 2.45) is 5.92 Å². The number of nitrogens with one attached hydrogen (secondary N) is 3. The number of nitrogens with zero attached hydrogens (tertiary/aromatic N) is 3. The minimum absolute atomic E-state index is 0.245. The first-order chi connectivity index (χ1) is 17.7. The lowest BCUT2D eigenvalue weighted by Crippen LogP contribution is -2.51. The van der Waals surface area contributed by atoms with Crippen LogP contribution in [0, 0.1) is 11.3 Å². The van der Waals surface area contributed by atoms with Crippen molar-refractivity contribution in [3.05, 3.63) is 53.4 Å². The molecule has 0 radical (unpaired) electrons. The third kappa shape index (κ3) is 6.46. The minimum atomic E-state index is -0.689. The Labute approximate surface area is 219 Å². The van der Waals surface area contributed by atoms with Gasteiger partial charge in [0.1, 0.15) is 5.82 Å². The number of likely N-dealkylation sites (tertiary alicyclic amines) is 2. The largest absolute Gasteiger partial charge is 0.388 e. The summed E-state index contributed by atoms with van der Waals surface area (Å²) in [6, 6.07) is 1.93. The van der Waals surface area contributed by atoms with Gasteiger partial charge in [0, 0.05) is 24.4 Å². The summed E-state index contributed by atoms with van der Waals surface area (Å²) in [5, 5.41) is 14.8. The van der Waals surface area contributed by atoms with Crippen molar-refractivity contribution in [1.82, 2.24) is 20.1 Å². The van der Waals surface area contributed by atoms with Crippen molar-refractivity contribution in [3.63, 3.8) is 0 Å². The summed E-state index contributed by atoms with van der Waals surface area (Å²) in [5.41, 5.74) is 9.26. The lowest BCUT2D eigenvalue weighted by Gasteiger charge is -2.39. The van der Waals surface area contributed by atoms with E-state index in [-0.39, 0.29) is 6.04 Å². The van der Waals surface area contributed by atoms with Gasteiger partial charge in [-0.05, 0) is 81.4 Å². The molecule has 9 heteroatoms. The first-order valence-corrected chi connectivity index (χ1v) is 13.2. The molecule has 3 heterocycles. The summed E-state index contributed by atoms with van der Waals surface area (Å²) in [5.74, 6) is -0.548. The number of carbonyl (C=O) groups excluding carboxylic acids is 2. The number of anilines is 2. The van der Waals surface area contributed by atoms with E-state index in [4.69, 9.17) is 11.1 Å². The molecule has 37 heavy (non-hydrogen) atoms. The summed E-state index contributed by atoms with van der Waals surface area (Å²) in [6.07, 6.45) is 13.7. The van der Waals surface area contributed by atoms with Crippen LogP contribution in [0.15, 0.2) is 47.8 Å². The van der Waals surface area contributed by atoms with Crippen LogP contribution in [0.5, 0.6) is 0 Å². The molecule has 5 N–H and O–H groups in total. The van der Waals surface area contributed by atoms with Gasteiger partial charge in [-0.3, -0.25) is 9.59 Å². The van der Waals surface area contributed by atoms with Gasteiger partial charge in [-0.25, -0.2) is 4.98 Å². The number of aromatic nitrogens is 1. The first kappa shape index (κ1) is 26.6. The zero-order chi connectivity index (χ0) is 26.5. The van der Waals surface area contributed by atoms with Crippen LogP contribution in [-0.4, -0.2) is 71.1 Å². The number of hydrogen-bond acceptors (Lipinski definition) is 7. The number of carbonyl (C=O) groups is 2. The topological polar surface area (TPSA) is 127 Å². The van der Waals surface area contributed by atoms with Crippen LogP contribution in [-0.2, 0) is 16.0 Å². The van der Waals surface area contributed by atoms with E-state index in [1.165, 1.54) is 6.20 Å². The van der Waals surface area contributed by atoms with Crippen LogP contribution < -0.4 is 16.4 Å². The van der Waals surface area contributed by atoms with Crippen molar-refractivity contribution in [1.29, 1.82) is 5.41 Å². The maximum Gasteiger partial charge on any atom is 0.313 e. The second-order valence-corrected chi connectivity index (χ2v) is 10.5. The number of amides is 2. The summed E-state index contributed by atoms with van der Waals surface area (Å²) < 4.78 is 0. The molecule has 9 nitrogen and oxygen atoms in total. The van der Waals surface area contributed by atoms with E-state index < -0.39 is 11.8 Å². The number of nitrogen functional groups attached to an aromatic ring is 1. The third-order valence-corrected chi connectivity index (χ3v) is 7.57. The van der Waals surface area contributed by atoms with Gasteiger partial charge in [-0.1, -0.05) is 26.0 Å². The molecular weight excluding hydrogens is 466 g/mol. The fourth-order valence-electron chi connectivity index (χ4n) is 5.20. The molecule has 0 bridgehead atoms. The van der Waals surface area contributed by atoms with Gasteiger partial charge in [0.05, 0.1) is 23.6 Å². The zero-order valence-corrected chi connectivity index (χ0v) is 22.1. The van der Waals surface area contributed by atoms with Crippen LogP contribution in [0.25, 0.3) is 0 Å². The molecule has 1 aliphatic carbocycles. The number of aryl methyl sites for hydroxylation is 1. The van der Waals surface area contributed by atoms with Gasteiger partial charge in [-0.2, -0.15) is 0 Å². The molecule has 2 saturated heterocycles. The van der Waals surface area contributed by atoms with Gasteiger partial charge >= 0.3 is 11.8 Å². The van der Waals surface area contributed by atoms with Crippen molar-refractivity contribution in [2.45, 2.75) is 58.0 Å². The molecule has 2 amide bonds. The van der Waals surface area contributed by atoms with Gasteiger partial charge in [-0.15, -0.1) is 0 Å². The van der Waals surface area contributed by atoms with Gasteiger partial charge in [0.25, 0.3) is 0 Å². The van der Waals surface area contributed by atoms with E-state index in [9.17, 15) is 9.59 Å². The molecule has 3 aliphatic rings. The quantitative estimate of drug-likeness (QED) is 0.456. The molecule has 0 unspecified atom stereocenters. The minimum Gasteiger partial charge on any atom is -0.388 e. The van der Waals surface area contributed by atoms with Gasteiger partial charge in [0.15, 0.2) is 0 Å². The molecule has 0 saturated carbocycles. The maximum atomic E-state index is 13.3. The summed E-state index contributed by atoms with van der Waals surface area (Å²) >= 11 is 0. The van der Waals surface area contributed by atoms with Crippen molar-refractivity contribution in [2.75, 3.05) is 37.7 Å². The molecule has 2 atom stereocenters. The monoisotopic (exact) mass is 505 g/mol. The molecule has 2 aliphatic heterocycles. The highest BCUT2D eigenvalue weighted by Crippen LogP contribution is 2.30. The highest BCUT2D eigenvalue weighted by atomic mass is 16.2. The molecule has 1 aromatic rings. The van der Waals surface area contributed by atoms with Crippen LogP contribution >= 0.6 is 0 Å². The highest BCUT2D eigenvalue weighted by Gasteiger charge is 2.35. The standard InChI is InChI=1S/C28H39N7O2/c1-4-19-13-23(16-32-26(19)30)33-27(36)28(37)35-17-18(2)5-8-25(35)20-6-7-21(24(29)14-20)15-31-22-9-11-34(3)12-10-22/h6-7,13-16,18,22,25,29,31H,4-5,8-12,17H2,1-3H3,(H2,30,32)(H,33,36)/b21-15-,29-24?/t18-,25+/m0/s1. The molecule has 0 aromatic carbocycles. The maximum absolute atomic E-state index is 13.3. The molecule has 1 aromatic heterocycles. The van der Waals surface area contributed by atoms with Crippen molar-refractivity contribution < 1.29 is 9.59 Å². The van der Waals surface area contributed by atoms with E-state index >= 15 is 0 Å². The summed E-state index contributed by atoms with van der Waals surface area (Å²) in [6.45, 7) is 6.69. The number of nitrogens with two attached hydrogens (primary N) is 1. The van der Waals surface area contributed by atoms with Crippen molar-refractivity contribution >= 4 is 29.0 Å². The second kappa shape index (κ2) is 11.7. The smallest absolute Gasteiger partial charge is 0.313 e. The molecule has 2 fully saturated rings. The van der Waals surface area contributed by atoms with Crippen LogP contribution in [0.4, 0.5) is 11.5 Å². The fraction of sp³-hybridized carbons (Fsp3) is 0.500. The van der Waals surface area contributed by atoms with Crippen LogP contribution in [0.3, 0.4) is 0 Å². The molecular formula is C28H39N7O2. The van der Waals surface area contributed by atoms with Crippen LogP contribution in [0.2, 0.25) is 0 Å². The number of hydrogen-bond donors (Lipinski definition) is 4. The number of rotatable bonds is 5. The zero-order valence-electron chi connectivity index (χ0n) is 22.1. The Hall–Kier alpha value is -3.46.